The molecule has 3 nitrogen and oxygen atoms in total. The maximum absolute atomic E-state index is 13.4. The van der Waals surface area contributed by atoms with Crippen LogP contribution >= 0.6 is 0 Å². The molecule has 0 spiro atoms. The van der Waals surface area contributed by atoms with E-state index in [1.807, 2.05) is 0 Å². The van der Waals surface area contributed by atoms with Gasteiger partial charge in [-0.15, -0.1) is 0 Å². The summed E-state index contributed by atoms with van der Waals surface area (Å²) in [5.41, 5.74) is 0.525. The van der Waals surface area contributed by atoms with E-state index in [0.717, 1.165) is 12.1 Å². The molecule has 0 atom stereocenters. The Morgan fingerprint density at radius 3 is 2.50 bits per heavy atom. The normalized spacial score (nSPS) is 10.3. The van der Waals surface area contributed by atoms with Crippen LogP contribution in [0.1, 0.15) is 12.0 Å². The van der Waals surface area contributed by atoms with E-state index in [1.54, 1.807) is 18.2 Å². The molecular weight excluding hydrogens is 293 g/mol. The van der Waals surface area contributed by atoms with E-state index in [-0.39, 0.29) is 36.9 Å². The Morgan fingerprint density at radius 2 is 1.77 bits per heavy atom. The van der Waals surface area contributed by atoms with E-state index >= 15 is 0 Å². The van der Waals surface area contributed by atoms with Gasteiger partial charge < -0.3 is 10.6 Å². The predicted molar refractivity (Wildman–Crippen MR) is 77.7 cm³/mol. The lowest BCUT2D eigenvalue weighted by atomic mass is 10.2. The quantitative estimate of drug-likeness (QED) is 0.860. The molecule has 2 N–H and O–H groups in total. The van der Waals surface area contributed by atoms with Gasteiger partial charge in [-0.25, -0.2) is 13.2 Å². The second kappa shape index (κ2) is 7.49. The van der Waals surface area contributed by atoms with Crippen molar-refractivity contribution in [2.45, 2.75) is 13.0 Å². The van der Waals surface area contributed by atoms with Crippen molar-refractivity contribution in [3.8, 4) is 0 Å². The number of rotatable bonds is 6. The number of halogens is 3. The number of carbonyl (C=O) groups is 1. The molecule has 0 heterocycles. The van der Waals surface area contributed by atoms with Gasteiger partial charge in [-0.05, 0) is 18.2 Å². The standard InChI is InChI=1S/C16H15F3N2O/c17-12-5-6-15(14(19)9-12)20-8-7-16(22)21-10-11-3-1-2-4-13(11)18/h1-6,9,20H,7-8,10H2,(H,21,22). The largest absolute Gasteiger partial charge is 0.382 e. The van der Waals surface area contributed by atoms with Crippen LogP contribution in [-0.4, -0.2) is 12.5 Å². The molecule has 0 saturated carbocycles. The average molecular weight is 308 g/mol. The molecule has 6 heteroatoms. The summed E-state index contributed by atoms with van der Waals surface area (Å²) in [7, 11) is 0. The highest BCUT2D eigenvalue weighted by molar-refractivity contribution is 5.76. The summed E-state index contributed by atoms with van der Waals surface area (Å²) in [5, 5.41) is 5.28. The van der Waals surface area contributed by atoms with E-state index in [0.29, 0.717) is 5.56 Å². The molecule has 0 unspecified atom stereocenters. The first-order valence-corrected chi connectivity index (χ1v) is 6.75. The van der Waals surface area contributed by atoms with Crippen LogP contribution in [-0.2, 0) is 11.3 Å². The highest BCUT2D eigenvalue weighted by Crippen LogP contribution is 2.14. The molecule has 0 saturated heterocycles. The highest BCUT2D eigenvalue weighted by atomic mass is 19.1. The molecule has 2 aromatic rings. The van der Waals surface area contributed by atoms with E-state index < -0.39 is 11.6 Å². The van der Waals surface area contributed by atoms with Crippen LogP contribution in [0.25, 0.3) is 0 Å². The summed E-state index contributed by atoms with van der Waals surface area (Å²) >= 11 is 0. The zero-order valence-corrected chi connectivity index (χ0v) is 11.7. The monoisotopic (exact) mass is 308 g/mol. The molecule has 2 rings (SSSR count). The summed E-state index contributed by atoms with van der Waals surface area (Å²) in [5.74, 6) is -2.05. The second-order valence-electron chi connectivity index (χ2n) is 4.67. The number of nitrogens with one attached hydrogen (secondary N) is 2. The third kappa shape index (κ3) is 4.51. The van der Waals surface area contributed by atoms with Crippen molar-refractivity contribution in [2.24, 2.45) is 0 Å². The van der Waals surface area contributed by atoms with Gasteiger partial charge in [-0.3, -0.25) is 4.79 Å². The van der Waals surface area contributed by atoms with Gasteiger partial charge in [0.2, 0.25) is 5.91 Å². The lowest BCUT2D eigenvalue weighted by molar-refractivity contribution is -0.121. The van der Waals surface area contributed by atoms with Crippen LogP contribution in [0.2, 0.25) is 0 Å². The van der Waals surface area contributed by atoms with Gasteiger partial charge in [-0.2, -0.15) is 0 Å². The van der Waals surface area contributed by atoms with Crippen LogP contribution in [0.5, 0.6) is 0 Å². The third-order valence-electron chi connectivity index (χ3n) is 3.03. The molecular formula is C16H15F3N2O. The summed E-state index contributed by atoms with van der Waals surface area (Å²) in [6, 6.07) is 9.32. The van der Waals surface area contributed by atoms with Crippen LogP contribution in [0.3, 0.4) is 0 Å². The number of benzene rings is 2. The number of hydrogen-bond acceptors (Lipinski definition) is 2. The lowest BCUT2D eigenvalue weighted by Gasteiger charge is -2.09. The molecule has 0 bridgehead atoms. The summed E-state index contributed by atoms with van der Waals surface area (Å²) in [4.78, 5) is 11.6. The molecule has 116 valence electrons. The minimum atomic E-state index is -0.716. The van der Waals surface area contributed by atoms with Gasteiger partial charge in [0.15, 0.2) is 0 Å². The van der Waals surface area contributed by atoms with Gasteiger partial charge in [0, 0.05) is 31.1 Å². The molecule has 0 aliphatic rings. The summed E-state index contributed by atoms with van der Waals surface area (Å²) < 4.78 is 39.4. The Morgan fingerprint density at radius 1 is 1.00 bits per heavy atom. The van der Waals surface area contributed by atoms with Crippen molar-refractivity contribution >= 4 is 11.6 Å². The highest BCUT2D eigenvalue weighted by Gasteiger charge is 2.06. The van der Waals surface area contributed by atoms with Crippen molar-refractivity contribution in [3.63, 3.8) is 0 Å². The molecule has 0 fully saturated rings. The minimum Gasteiger partial charge on any atom is -0.382 e. The van der Waals surface area contributed by atoms with E-state index in [2.05, 4.69) is 10.6 Å². The van der Waals surface area contributed by atoms with Gasteiger partial charge in [0.1, 0.15) is 17.5 Å². The molecule has 0 aliphatic heterocycles. The van der Waals surface area contributed by atoms with E-state index in [1.165, 1.54) is 12.1 Å². The van der Waals surface area contributed by atoms with Crippen LogP contribution in [0, 0.1) is 17.5 Å². The molecule has 22 heavy (non-hydrogen) atoms. The number of amides is 1. The van der Waals surface area contributed by atoms with Gasteiger partial charge >= 0.3 is 0 Å². The first-order chi connectivity index (χ1) is 10.6. The van der Waals surface area contributed by atoms with Crippen molar-refractivity contribution in [2.75, 3.05) is 11.9 Å². The Hall–Kier alpha value is -2.50. The molecule has 2 aromatic carbocycles. The fourth-order valence-electron chi connectivity index (χ4n) is 1.87. The number of hydrogen-bond donors (Lipinski definition) is 2. The smallest absolute Gasteiger partial charge is 0.222 e. The van der Waals surface area contributed by atoms with Crippen LogP contribution < -0.4 is 10.6 Å². The van der Waals surface area contributed by atoms with Gasteiger partial charge in [0.05, 0.1) is 5.69 Å². The van der Waals surface area contributed by atoms with Crippen LogP contribution in [0.4, 0.5) is 18.9 Å². The van der Waals surface area contributed by atoms with Crippen molar-refractivity contribution in [3.05, 3.63) is 65.5 Å². The van der Waals surface area contributed by atoms with E-state index in [9.17, 15) is 18.0 Å². The zero-order chi connectivity index (χ0) is 15.9. The zero-order valence-electron chi connectivity index (χ0n) is 11.7. The van der Waals surface area contributed by atoms with Crippen molar-refractivity contribution in [1.29, 1.82) is 0 Å². The van der Waals surface area contributed by atoms with Gasteiger partial charge in [-0.1, -0.05) is 18.2 Å². The third-order valence-corrected chi connectivity index (χ3v) is 3.03. The number of carbonyl (C=O) groups excluding carboxylic acids is 1. The molecule has 1 amide bonds. The topological polar surface area (TPSA) is 41.1 Å². The fraction of sp³-hybridized carbons (Fsp3) is 0.188. The summed E-state index contributed by atoms with van der Waals surface area (Å²) in [6.07, 6.45) is 0.0886. The number of anilines is 1. The summed E-state index contributed by atoms with van der Waals surface area (Å²) in [6.45, 7) is 0.280. The predicted octanol–water partition coefficient (Wildman–Crippen LogP) is 3.22. The van der Waals surface area contributed by atoms with E-state index in [4.69, 9.17) is 0 Å². The van der Waals surface area contributed by atoms with Crippen molar-refractivity contribution < 1.29 is 18.0 Å². The Balaban J connectivity index is 1.75. The minimum absolute atomic E-state index is 0.0886. The first kappa shape index (κ1) is 15.9. The maximum Gasteiger partial charge on any atom is 0.222 e. The SMILES string of the molecule is O=C(CCNc1ccc(F)cc1F)NCc1ccccc1F. The Bertz CT molecular complexity index is 662. The second-order valence-corrected chi connectivity index (χ2v) is 4.67. The van der Waals surface area contributed by atoms with Crippen molar-refractivity contribution in [1.82, 2.24) is 5.32 Å². The first-order valence-electron chi connectivity index (χ1n) is 6.75. The Kier molecular flexibility index (Phi) is 5.41. The molecule has 0 aromatic heterocycles. The van der Waals surface area contributed by atoms with Gasteiger partial charge in [0.25, 0.3) is 0 Å². The fourth-order valence-corrected chi connectivity index (χ4v) is 1.87. The van der Waals surface area contributed by atoms with Crippen LogP contribution in [0.15, 0.2) is 42.5 Å². The molecule has 0 radical (unpaired) electrons. The average Bonchev–Trinajstić information content (AvgIpc) is 2.49. The lowest BCUT2D eigenvalue weighted by Crippen LogP contribution is -2.25. The maximum atomic E-state index is 13.4. The molecule has 0 aliphatic carbocycles. The Labute approximate surface area is 126 Å².